The van der Waals surface area contributed by atoms with Gasteiger partial charge in [-0.1, -0.05) is 0 Å². The number of rotatable bonds is 6. The average molecular weight is 548 g/mol. The molecule has 0 bridgehead atoms. The SMILES string of the molecule is CC(=O)O[C@H]1C2CCC3(OCCO3)[C@@]2(C)CCC1[C@@]1(C)CC[C@H](C)C[C@@H]1CC[Se]c1ccccc1. The van der Waals surface area contributed by atoms with Crippen LogP contribution in [-0.2, 0) is 19.0 Å². The summed E-state index contributed by atoms with van der Waals surface area (Å²) in [6.07, 6.45) is 9.27. The molecule has 3 aliphatic carbocycles. The van der Waals surface area contributed by atoms with Gasteiger partial charge in [0.1, 0.15) is 0 Å². The van der Waals surface area contributed by atoms with E-state index < -0.39 is 5.79 Å². The van der Waals surface area contributed by atoms with E-state index in [1.165, 1.54) is 35.5 Å². The van der Waals surface area contributed by atoms with Crippen LogP contribution in [0.4, 0.5) is 0 Å². The number of benzene rings is 1. The molecule has 1 spiro atoms. The molecule has 0 aromatic heterocycles. The summed E-state index contributed by atoms with van der Waals surface area (Å²) in [7, 11) is 0. The van der Waals surface area contributed by atoms with E-state index in [1.807, 2.05) is 0 Å². The van der Waals surface area contributed by atoms with Gasteiger partial charge < -0.3 is 0 Å². The summed E-state index contributed by atoms with van der Waals surface area (Å²) >= 11 is 0.526. The van der Waals surface area contributed by atoms with E-state index in [0.717, 1.165) is 31.6 Å². The number of ether oxygens (including phenoxy) is 3. The number of hydrogen-bond acceptors (Lipinski definition) is 4. The Morgan fingerprint density at radius 3 is 2.46 bits per heavy atom. The van der Waals surface area contributed by atoms with Gasteiger partial charge in [0, 0.05) is 0 Å². The number of esters is 1. The molecule has 5 rings (SSSR count). The average Bonchev–Trinajstić information content (AvgIpc) is 3.43. The van der Waals surface area contributed by atoms with Crippen LogP contribution in [-0.4, -0.2) is 46.0 Å². The molecule has 1 aliphatic heterocycles. The number of fused-ring (bicyclic) bond motifs is 2. The topological polar surface area (TPSA) is 44.8 Å². The molecular weight excluding hydrogens is 503 g/mol. The Balaban J connectivity index is 1.38. The van der Waals surface area contributed by atoms with E-state index in [1.54, 1.807) is 6.92 Å². The summed E-state index contributed by atoms with van der Waals surface area (Å²) in [5.41, 5.74) is 0.137. The van der Waals surface area contributed by atoms with Gasteiger partial charge in [-0.05, 0) is 0 Å². The van der Waals surface area contributed by atoms with Gasteiger partial charge in [0.25, 0.3) is 0 Å². The number of hydrogen-bond donors (Lipinski definition) is 0. The molecule has 4 aliphatic rings. The second kappa shape index (κ2) is 10.1. The van der Waals surface area contributed by atoms with Crippen molar-refractivity contribution in [1.29, 1.82) is 0 Å². The van der Waals surface area contributed by atoms with Crippen molar-refractivity contribution in [2.45, 2.75) is 96.3 Å². The van der Waals surface area contributed by atoms with Crippen molar-refractivity contribution < 1.29 is 19.0 Å². The van der Waals surface area contributed by atoms with Gasteiger partial charge in [-0.3, -0.25) is 0 Å². The molecule has 35 heavy (non-hydrogen) atoms. The van der Waals surface area contributed by atoms with Crippen molar-refractivity contribution in [3.8, 4) is 0 Å². The first kappa shape index (κ1) is 25.8. The van der Waals surface area contributed by atoms with E-state index in [4.69, 9.17) is 14.2 Å². The molecule has 2 unspecified atom stereocenters. The second-order valence-corrected chi connectivity index (χ2v) is 14.7. The Bertz CT molecular complexity index is 884. The van der Waals surface area contributed by atoms with E-state index in [-0.39, 0.29) is 22.9 Å². The molecule has 0 radical (unpaired) electrons. The van der Waals surface area contributed by atoms with Gasteiger partial charge in [0.2, 0.25) is 0 Å². The minimum atomic E-state index is -0.472. The second-order valence-electron chi connectivity index (χ2n) is 12.3. The zero-order valence-electron chi connectivity index (χ0n) is 22.1. The van der Waals surface area contributed by atoms with Crippen LogP contribution in [0.3, 0.4) is 0 Å². The Kier molecular flexibility index (Phi) is 7.45. The Morgan fingerprint density at radius 2 is 1.74 bits per heavy atom. The zero-order chi connectivity index (χ0) is 24.7. The molecule has 0 N–H and O–H groups in total. The zero-order valence-corrected chi connectivity index (χ0v) is 23.8. The molecule has 194 valence electrons. The maximum atomic E-state index is 12.4. The Labute approximate surface area is 218 Å². The predicted molar refractivity (Wildman–Crippen MR) is 140 cm³/mol. The van der Waals surface area contributed by atoms with Crippen molar-refractivity contribution >= 4 is 25.4 Å². The molecule has 1 saturated heterocycles. The van der Waals surface area contributed by atoms with E-state index in [2.05, 4.69) is 51.1 Å². The minimum absolute atomic E-state index is 0.0287. The molecule has 1 aromatic rings. The molecule has 4 fully saturated rings. The van der Waals surface area contributed by atoms with Crippen molar-refractivity contribution in [2.75, 3.05) is 13.2 Å². The van der Waals surface area contributed by atoms with Crippen LogP contribution in [0.15, 0.2) is 30.3 Å². The molecule has 0 amide bonds. The number of carbonyl (C=O) groups is 1. The van der Waals surface area contributed by atoms with Gasteiger partial charge in [-0.15, -0.1) is 0 Å². The van der Waals surface area contributed by atoms with Gasteiger partial charge in [0.05, 0.1) is 0 Å². The molecule has 4 nitrogen and oxygen atoms in total. The fraction of sp³-hybridized carbons (Fsp3) is 0.767. The fourth-order valence-electron chi connectivity index (χ4n) is 8.43. The van der Waals surface area contributed by atoms with E-state index in [9.17, 15) is 4.79 Å². The third-order valence-electron chi connectivity index (χ3n) is 10.4. The normalized spacial score (nSPS) is 40.5. The van der Waals surface area contributed by atoms with Crippen molar-refractivity contribution in [1.82, 2.24) is 0 Å². The van der Waals surface area contributed by atoms with Crippen LogP contribution in [0.5, 0.6) is 0 Å². The molecular formula is C30H44O4Se. The maximum absolute atomic E-state index is 12.4. The molecule has 5 heteroatoms. The monoisotopic (exact) mass is 548 g/mol. The van der Waals surface area contributed by atoms with Crippen molar-refractivity contribution in [3.63, 3.8) is 0 Å². The van der Waals surface area contributed by atoms with Crippen LogP contribution in [0, 0.1) is 34.5 Å². The summed E-state index contributed by atoms with van der Waals surface area (Å²) in [6, 6.07) is 11.0. The van der Waals surface area contributed by atoms with Gasteiger partial charge in [-0.2, -0.15) is 0 Å². The Morgan fingerprint density at radius 1 is 1.03 bits per heavy atom. The first-order valence-corrected chi connectivity index (χ1v) is 16.0. The summed E-state index contributed by atoms with van der Waals surface area (Å²) in [4.78, 5) is 12.4. The summed E-state index contributed by atoms with van der Waals surface area (Å²) < 4.78 is 20.4. The van der Waals surface area contributed by atoms with Crippen molar-refractivity contribution in [2.24, 2.45) is 34.5 Å². The predicted octanol–water partition coefficient (Wildman–Crippen LogP) is 5.77. The summed E-state index contributed by atoms with van der Waals surface area (Å²) in [5, 5.41) is 1.29. The van der Waals surface area contributed by atoms with Gasteiger partial charge >= 0.3 is 219 Å². The van der Waals surface area contributed by atoms with Gasteiger partial charge in [-0.25, -0.2) is 0 Å². The number of carbonyl (C=O) groups excluding carboxylic acids is 1. The van der Waals surface area contributed by atoms with Crippen LogP contribution in [0.25, 0.3) is 0 Å². The standard InChI is InChI=1S/C30H44O4Se/c1-21-10-14-28(3,23(20-21)13-19-35-24-8-6-5-7-9-24)25-11-15-29(4)26(27(25)34-22(2)31)12-16-30(29)32-17-18-33-30/h5-9,21,23,25-27H,10-20H2,1-4H3/t21-,23-,25?,26?,27+,28-,29-/m0/s1. The third kappa shape index (κ3) is 4.65. The van der Waals surface area contributed by atoms with Crippen LogP contribution < -0.4 is 4.46 Å². The Hall–Kier alpha value is -0.871. The van der Waals surface area contributed by atoms with Gasteiger partial charge in [0.15, 0.2) is 0 Å². The van der Waals surface area contributed by atoms with E-state index >= 15 is 0 Å². The van der Waals surface area contributed by atoms with Crippen LogP contribution >= 0.6 is 0 Å². The summed E-state index contributed by atoms with van der Waals surface area (Å²) in [6.45, 7) is 10.3. The fourth-order valence-corrected chi connectivity index (χ4v) is 10.5. The molecule has 1 aromatic carbocycles. The first-order chi connectivity index (χ1) is 16.8. The van der Waals surface area contributed by atoms with Crippen LogP contribution in [0.1, 0.15) is 79.1 Å². The van der Waals surface area contributed by atoms with Crippen molar-refractivity contribution in [3.05, 3.63) is 30.3 Å². The quantitative estimate of drug-likeness (QED) is 0.335. The molecule has 3 saturated carbocycles. The van der Waals surface area contributed by atoms with E-state index in [0.29, 0.717) is 45.9 Å². The summed E-state index contributed by atoms with van der Waals surface area (Å²) in [5.74, 6) is 1.61. The molecule has 7 atom stereocenters. The molecule has 1 heterocycles. The first-order valence-electron chi connectivity index (χ1n) is 13.9. The van der Waals surface area contributed by atoms with Crippen LogP contribution in [0.2, 0.25) is 5.32 Å². The third-order valence-corrected chi connectivity index (χ3v) is 12.6.